The number of nitrogens with one attached hydrogen (secondary N) is 1. The molecule has 0 aliphatic rings. The quantitative estimate of drug-likeness (QED) is 0.604. The van der Waals surface area contributed by atoms with Gasteiger partial charge in [0.1, 0.15) is 6.61 Å². The second kappa shape index (κ2) is 4.03. The van der Waals surface area contributed by atoms with Crippen LogP contribution in [0.5, 0.6) is 0 Å². The lowest BCUT2D eigenvalue weighted by Gasteiger charge is -2.01. The number of fused-ring (bicyclic) bond motifs is 1. The van der Waals surface area contributed by atoms with Crippen LogP contribution in [0.3, 0.4) is 0 Å². The van der Waals surface area contributed by atoms with Crippen LogP contribution in [0.4, 0.5) is 0 Å². The number of aromatic amines is 1. The van der Waals surface area contributed by atoms with Crippen LogP contribution in [0.25, 0.3) is 5.78 Å². The SMILES string of the molecule is Cc1nc2nc(CO)[nH]n2c(=O)c1CCO. The second-order valence-electron chi connectivity index (χ2n) is 3.42. The molecule has 2 aromatic heterocycles. The molecule has 2 rings (SSSR count). The Balaban J connectivity index is 2.71. The van der Waals surface area contributed by atoms with E-state index in [9.17, 15) is 4.79 Å². The Labute approximate surface area is 90.4 Å². The van der Waals surface area contributed by atoms with Gasteiger partial charge in [0, 0.05) is 18.6 Å². The van der Waals surface area contributed by atoms with E-state index < -0.39 is 0 Å². The number of hydrogen-bond donors (Lipinski definition) is 3. The summed E-state index contributed by atoms with van der Waals surface area (Å²) in [7, 11) is 0. The minimum atomic E-state index is -0.288. The van der Waals surface area contributed by atoms with Crippen LogP contribution < -0.4 is 5.56 Å². The number of nitrogens with zero attached hydrogens (tertiary/aromatic N) is 3. The van der Waals surface area contributed by atoms with Gasteiger partial charge in [-0.1, -0.05) is 0 Å². The molecule has 0 radical (unpaired) electrons. The molecule has 2 aromatic rings. The van der Waals surface area contributed by atoms with Crippen LogP contribution in [-0.2, 0) is 13.0 Å². The highest BCUT2D eigenvalue weighted by molar-refractivity contribution is 5.32. The zero-order valence-corrected chi connectivity index (χ0v) is 8.77. The maximum Gasteiger partial charge on any atom is 0.277 e. The zero-order valence-electron chi connectivity index (χ0n) is 8.77. The zero-order chi connectivity index (χ0) is 11.7. The van der Waals surface area contributed by atoms with Crippen molar-refractivity contribution >= 4 is 5.78 Å². The summed E-state index contributed by atoms with van der Waals surface area (Å²) in [6, 6.07) is 0. The molecule has 86 valence electrons. The van der Waals surface area contributed by atoms with Gasteiger partial charge in [-0.25, -0.2) is 4.98 Å². The number of rotatable bonds is 3. The summed E-state index contributed by atoms with van der Waals surface area (Å²) >= 11 is 0. The lowest BCUT2D eigenvalue weighted by atomic mass is 10.2. The molecule has 0 saturated heterocycles. The number of aliphatic hydroxyl groups excluding tert-OH is 2. The van der Waals surface area contributed by atoms with Crippen LogP contribution in [0.1, 0.15) is 17.1 Å². The minimum Gasteiger partial charge on any atom is -0.396 e. The third-order valence-electron chi connectivity index (χ3n) is 2.35. The molecule has 0 aliphatic heterocycles. The van der Waals surface area contributed by atoms with Crippen LogP contribution >= 0.6 is 0 Å². The molecule has 0 fully saturated rings. The van der Waals surface area contributed by atoms with Crippen molar-refractivity contribution in [2.45, 2.75) is 20.0 Å². The highest BCUT2D eigenvalue weighted by Gasteiger charge is 2.12. The first-order valence-electron chi connectivity index (χ1n) is 4.86. The van der Waals surface area contributed by atoms with Gasteiger partial charge in [0.15, 0.2) is 5.82 Å². The predicted octanol–water partition coefficient (Wildman–Crippen LogP) is -1.25. The molecular weight excluding hydrogens is 212 g/mol. The summed E-state index contributed by atoms with van der Waals surface area (Å²) in [5.74, 6) is 0.512. The van der Waals surface area contributed by atoms with Crippen molar-refractivity contribution in [2.24, 2.45) is 0 Å². The van der Waals surface area contributed by atoms with E-state index in [1.165, 1.54) is 4.52 Å². The molecule has 7 nitrogen and oxygen atoms in total. The van der Waals surface area contributed by atoms with Gasteiger partial charge >= 0.3 is 0 Å². The molecule has 0 spiro atoms. The van der Waals surface area contributed by atoms with Crippen molar-refractivity contribution in [3.05, 3.63) is 27.4 Å². The molecule has 0 aliphatic carbocycles. The Morgan fingerprint density at radius 3 is 2.75 bits per heavy atom. The Morgan fingerprint density at radius 1 is 1.38 bits per heavy atom. The minimum absolute atomic E-state index is 0.106. The van der Waals surface area contributed by atoms with E-state index in [4.69, 9.17) is 10.2 Å². The largest absolute Gasteiger partial charge is 0.396 e. The smallest absolute Gasteiger partial charge is 0.277 e. The normalized spacial score (nSPS) is 11.2. The van der Waals surface area contributed by atoms with Gasteiger partial charge in [0.2, 0.25) is 0 Å². The fourth-order valence-electron chi connectivity index (χ4n) is 1.57. The van der Waals surface area contributed by atoms with Gasteiger partial charge < -0.3 is 10.2 Å². The highest BCUT2D eigenvalue weighted by Crippen LogP contribution is 2.03. The molecule has 2 heterocycles. The molecule has 7 heteroatoms. The van der Waals surface area contributed by atoms with E-state index in [1.54, 1.807) is 6.92 Å². The number of aryl methyl sites for hydroxylation is 1. The van der Waals surface area contributed by atoms with Crippen molar-refractivity contribution in [1.82, 2.24) is 19.6 Å². The summed E-state index contributed by atoms with van der Waals surface area (Å²) in [4.78, 5) is 20.0. The highest BCUT2D eigenvalue weighted by atomic mass is 16.3. The van der Waals surface area contributed by atoms with Crippen molar-refractivity contribution in [2.75, 3.05) is 6.61 Å². The van der Waals surface area contributed by atoms with Crippen molar-refractivity contribution < 1.29 is 10.2 Å². The van der Waals surface area contributed by atoms with Crippen LogP contribution in [-0.4, -0.2) is 36.4 Å². The summed E-state index contributed by atoms with van der Waals surface area (Å²) in [6.07, 6.45) is 0.258. The lowest BCUT2D eigenvalue weighted by Crippen LogP contribution is -2.22. The maximum atomic E-state index is 11.9. The van der Waals surface area contributed by atoms with Crippen molar-refractivity contribution in [1.29, 1.82) is 0 Å². The molecule has 3 N–H and O–H groups in total. The Morgan fingerprint density at radius 2 is 2.12 bits per heavy atom. The van der Waals surface area contributed by atoms with Gasteiger partial charge in [-0.2, -0.15) is 9.50 Å². The van der Waals surface area contributed by atoms with Gasteiger partial charge in [-0.15, -0.1) is 0 Å². The number of H-pyrrole nitrogens is 1. The topological polar surface area (TPSA) is 104 Å². The Bertz CT molecular complexity index is 572. The van der Waals surface area contributed by atoms with Crippen LogP contribution in [0.2, 0.25) is 0 Å². The maximum absolute atomic E-state index is 11.9. The van der Waals surface area contributed by atoms with Crippen molar-refractivity contribution in [3.63, 3.8) is 0 Å². The molecule has 16 heavy (non-hydrogen) atoms. The Kier molecular flexibility index (Phi) is 2.71. The first-order chi connectivity index (χ1) is 7.67. The molecule has 0 unspecified atom stereocenters. The molecule has 0 saturated carbocycles. The van der Waals surface area contributed by atoms with Gasteiger partial charge in [0.05, 0.1) is 5.69 Å². The summed E-state index contributed by atoms with van der Waals surface area (Å²) in [5, 5.41) is 20.4. The first-order valence-corrected chi connectivity index (χ1v) is 4.86. The summed E-state index contributed by atoms with van der Waals surface area (Å²) in [6.45, 7) is 1.31. The van der Waals surface area contributed by atoms with E-state index in [-0.39, 0.29) is 36.8 Å². The van der Waals surface area contributed by atoms with Crippen LogP contribution in [0, 0.1) is 6.92 Å². The summed E-state index contributed by atoms with van der Waals surface area (Å²) in [5.41, 5.74) is 0.715. The van der Waals surface area contributed by atoms with Gasteiger partial charge in [-0.05, 0) is 6.92 Å². The van der Waals surface area contributed by atoms with E-state index in [2.05, 4.69) is 15.1 Å². The van der Waals surface area contributed by atoms with E-state index in [1.807, 2.05) is 0 Å². The van der Waals surface area contributed by atoms with E-state index in [0.29, 0.717) is 11.3 Å². The molecule has 0 bridgehead atoms. The second-order valence-corrected chi connectivity index (χ2v) is 3.42. The monoisotopic (exact) mass is 224 g/mol. The number of hydrogen-bond acceptors (Lipinski definition) is 5. The standard InChI is InChI=1S/C9H12N4O3/c1-5-6(2-3-14)8(16)13-9(10-5)11-7(4-15)12-13/h14-15H,2-4H2,1H3,(H,10,11,12). The summed E-state index contributed by atoms with van der Waals surface area (Å²) < 4.78 is 1.17. The average Bonchev–Trinajstić information content (AvgIpc) is 2.67. The average molecular weight is 224 g/mol. The number of aliphatic hydroxyl groups is 2. The predicted molar refractivity (Wildman–Crippen MR) is 55.1 cm³/mol. The lowest BCUT2D eigenvalue weighted by molar-refractivity contribution is 0.271. The molecular formula is C9H12N4O3. The fourth-order valence-corrected chi connectivity index (χ4v) is 1.57. The third kappa shape index (κ3) is 1.59. The molecule has 0 atom stereocenters. The van der Waals surface area contributed by atoms with E-state index in [0.717, 1.165) is 0 Å². The van der Waals surface area contributed by atoms with Gasteiger partial charge in [0.25, 0.3) is 11.3 Å². The van der Waals surface area contributed by atoms with E-state index >= 15 is 0 Å². The first kappa shape index (κ1) is 10.8. The van der Waals surface area contributed by atoms with Crippen molar-refractivity contribution in [3.8, 4) is 0 Å². The van der Waals surface area contributed by atoms with Crippen LogP contribution in [0.15, 0.2) is 4.79 Å². The Hall–Kier alpha value is -1.73. The number of aromatic nitrogens is 4. The fraction of sp³-hybridized carbons (Fsp3) is 0.444. The van der Waals surface area contributed by atoms with Gasteiger partial charge in [-0.3, -0.25) is 9.89 Å². The molecule has 0 aromatic carbocycles. The third-order valence-corrected chi connectivity index (χ3v) is 2.35. The molecule has 0 amide bonds.